The van der Waals surface area contributed by atoms with Gasteiger partial charge in [-0.05, 0) is 36.4 Å². The SMILES string of the molecule is CC1(COc2ccc(C(=O)Oc3ccc(O)c(F)c3)cc2)COC1. The highest BCUT2D eigenvalue weighted by Gasteiger charge is 2.34. The number of hydrogen-bond donors (Lipinski definition) is 1. The molecule has 0 aromatic heterocycles. The van der Waals surface area contributed by atoms with E-state index in [4.69, 9.17) is 19.3 Å². The lowest BCUT2D eigenvalue weighted by Gasteiger charge is -2.37. The van der Waals surface area contributed by atoms with Crippen LogP contribution in [0.2, 0.25) is 0 Å². The molecule has 2 aromatic rings. The summed E-state index contributed by atoms with van der Waals surface area (Å²) >= 11 is 0. The Labute approximate surface area is 138 Å². The van der Waals surface area contributed by atoms with Crippen molar-refractivity contribution in [1.82, 2.24) is 0 Å². The molecule has 6 heteroatoms. The third kappa shape index (κ3) is 3.65. The predicted octanol–water partition coefficient (Wildman–Crippen LogP) is 3.17. The van der Waals surface area contributed by atoms with Crippen LogP contribution in [0.1, 0.15) is 17.3 Å². The molecular weight excluding hydrogens is 315 g/mol. The molecule has 1 saturated heterocycles. The Morgan fingerprint density at radius 1 is 1.21 bits per heavy atom. The molecule has 0 unspecified atom stereocenters. The van der Waals surface area contributed by atoms with Crippen molar-refractivity contribution < 1.29 is 28.5 Å². The van der Waals surface area contributed by atoms with E-state index < -0.39 is 17.5 Å². The second-order valence-electron chi connectivity index (χ2n) is 6.12. The van der Waals surface area contributed by atoms with E-state index in [1.165, 1.54) is 6.07 Å². The fourth-order valence-electron chi connectivity index (χ4n) is 2.20. The maximum atomic E-state index is 13.2. The number of rotatable bonds is 5. The van der Waals surface area contributed by atoms with Gasteiger partial charge in [-0.15, -0.1) is 0 Å². The molecule has 1 heterocycles. The van der Waals surface area contributed by atoms with Gasteiger partial charge in [-0.2, -0.15) is 0 Å². The minimum atomic E-state index is -0.850. The van der Waals surface area contributed by atoms with Crippen LogP contribution in [0.15, 0.2) is 42.5 Å². The van der Waals surface area contributed by atoms with Crippen molar-refractivity contribution in [3.05, 3.63) is 53.8 Å². The lowest BCUT2D eigenvalue weighted by Crippen LogP contribution is -2.44. The number of ether oxygens (including phenoxy) is 3. The van der Waals surface area contributed by atoms with Crippen LogP contribution in [0.3, 0.4) is 0 Å². The molecule has 0 spiro atoms. The Balaban J connectivity index is 1.59. The van der Waals surface area contributed by atoms with Gasteiger partial charge < -0.3 is 19.3 Å². The van der Waals surface area contributed by atoms with E-state index >= 15 is 0 Å². The molecule has 0 saturated carbocycles. The van der Waals surface area contributed by atoms with Crippen molar-refractivity contribution >= 4 is 5.97 Å². The van der Waals surface area contributed by atoms with Gasteiger partial charge in [-0.25, -0.2) is 9.18 Å². The van der Waals surface area contributed by atoms with Crippen LogP contribution in [-0.4, -0.2) is 30.9 Å². The summed E-state index contributed by atoms with van der Waals surface area (Å²) in [5.41, 5.74) is 0.356. The third-order valence-electron chi connectivity index (χ3n) is 3.71. The predicted molar refractivity (Wildman–Crippen MR) is 83.9 cm³/mol. The molecular formula is C18H17FO5. The first-order valence-corrected chi connectivity index (χ1v) is 7.47. The fourth-order valence-corrected chi connectivity index (χ4v) is 2.20. The molecule has 2 aromatic carbocycles. The monoisotopic (exact) mass is 332 g/mol. The topological polar surface area (TPSA) is 65.0 Å². The first kappa shape index (κ1) is 16.3. The molecule has 0 radical (unpaired) electrons. The van der Waals surface area contributed by atoms with Crippen molar-refractivity contribution in [2.24, 2.45) is 5.41 Å². The summed E-state index contributed by atoms with van der Waals surface area (Å²) in [6.07, 6.45) is 0. The zero-order chi connectivity index (χ0) is 17.2. The Bertz CT molecular complexity index is 738. The van der Waals surface area contributed by atoms with Gasteiger partial charge in [-0.3, -0.25) is 0 Å². The molecule has 126 valence electrons. The molecule has 3 rings (SSSR count). The minimum Gasteiger partial charge on any atom is -0.505 e. The van der Waals surface area contributed by atoms with E-state index in [1.54, 1.807) is 24.3 Å². The summed E-state index contributed by atoms with van der Waals surface area (Å²) in [5.74, 6) is -1.30. The van der Waals surface area contributed by atoms with Crippen molar-refractivity contribution in [2.75, 3.05) is 19.8 Å². The molecule has 5 nitrogen and oxygen atoms in total. The summed E-state index contributed by atoms with van der Waals surface area (Å²) in [6.45, 7) is 3.99. The van der Waals surface area contributed by atoms with Crippen molar-refractivity contribution in [3.8, 4) is 17.2 Å². The van der Waals surface area contributed by atoms with Gasteiger partial charge in [0.1, 0.15) is 11.5 Å². The minimum absolute atomic E-state index is 0.0218. The summed E-state index contributed by atoms with van der Waals surface area (Å²) in [4.78, 5) is 12.0. The van der Waals surface area contributed by atoms with Crippen LogP contribution in [-0.2, 0) is 4.74 Å². The van der Waals surface area contributed by atoms with Gasteiger partial charge in [0.05, 0.1) is 25.4 Å². The fraction of sp³-hybridized carbons (Fsp3) is 0.278. The quantitative estimate of drug-likeness (QED) is 0.673. The zero-order valence-corrected chi connectivity index (χ0v) is 13.1. The molecule has 0 atom stereocenters. The number of aromatic hydroxyl groups is 1. The van der Waals surface area contributed by atoms with E-state index in [-0.39, 0.29) is 11.2 Å². The molecule has 0 amide bonds. The molecule has 0 aliphatic carbocycles. The van der Waals surface area contributed by atoms with Gasteiger partial charge >= 0.3 is 5.97 Å². The van der Waals surface area contributed by atoms with Crippen LogP contribution in [0.4, 0.5) is 4.39 Å². The highest BCUT2D eigenvalue weighted by atomic mass is 19.1. The van der Waals surface area contributed by atoms with Crippen LogP contribution >= 0.6 is 0 Å². The average molecular weight is 332 g/mol. The number of halogens is 1. The van der Waals surface area contributed by atoms with Crippen molar-refractivity contribution in [3.63, 3.8) is 0 Å². The van der Waals surface area contributed by atoms with Gasteiger partial charge in [0.2, 0.25) is 0 Å². The largest absolute Gasteiger partial charge is 0.505 e. The van der Waals surface area contributed by atoms with Crippen molar-refractivity contribution in [2.45, 2.75) is 6.92 Å². The Hall–Kier alpha value is -2.60. The molecule has 1 aliphatic heterocycles. The number of phenolic OH excluding ortho intramolecular Hbond substituents is 1. The van der Waals surface area contributed by atoms with E-state index in [1.807, 2.05) is 0 Å². The van der Waals surface area contributed by atoms with E-state index in [0.717, 1.165) is 12.1 Å². The normalized spacial score (nSPS) is 15.4. The number of carbonyl (C=O) groups is 1. The van der Waals surface area contributed by atoms with Crippen LogP contribution < -0.4 is 9.47 Å². The molecule has 0 bridgehead atoms. The summed E-state index contributed by atoms with van der Waals surface area (Å²) in [5, 5.41) is 9.12. The number of esters is 1. The maximum absolute atomic E-state index is 13.2. The summed E-state index contributed by atoms with van der Waals surface area (Å²) < 4.78 is 29.2. The van der Waals surface area contributed by atoms with Crippen LogP contribution in [0.5, 0.6) is 17.2 Å². The molecule has 1 aliphatic rings. The molecule has 1 fully saturated rings. The number of benzene rings is 2. The summed E-state index contributed by atoms with van der Waals surface area (Å²) in [7, 11) is 0. The first-order valence-electron chi connectivity index (χ1n) is 7.47. The molecule has 1 N–H and O–H groups in total. The first-order chi connectivity index (χ1) is 11.5. The lowest BCUT2D eigenvalue weighted by molar-refractivity contribution is -0.120. The van der Waals surface area contributed by atoms with E-state index in [0.29, 0.717) is 31.1 Å². The van der Waals surface area contributed by atoms with E-state index in [9.17, 15) is 9.18 Å². The van der Waals surface area contributed by atoms with Crippen LogP contribution in [0, 0.1) is 11.2 Å². The third-order valence-corrected chi connectivity index (χ3v) is 3.71. The second-order valence-corrected chi connectivity index (χ2v) is 6.12. The van der Waals surface area contributed by atoms with Crippen molar-refractivity contribution in [1.29, 1.82) is 0 Å². The molecule has 24 heavy (non-hydrogen) atoms. The van der Waals surface area contributed by atoms with Gasteiger partial charge in [0, 0.05) is 11.5 Å². The maximum Gasteiger partial charge on any atom is 0.343 e. The summed E-state index contributed by atoms with van der Waals surface area (Å²) in [6, 6.07) is 9.90. The number of carbonyl (C=O) groups excluding carboxylic acids is 1. The average Bonchev–Trinajstić information content (AvgIpc) is 2.55. The van der Waals surface area contributed by atoms with Gasteiger partial charge in [0.25, 0.3) is 0 Å². The highest BCUT2D eigenvalue weighted by Crippen LogP contribution is 2.28. The van der Waals surface area contributed by atoms with Crippen LogP contribution in [0.25, 0.3) is 0 Å². The Morgan fingerprint density at radius 3 is 2.46 bits per heavy atom. The second kappa shape index (κ2) is 6.49. The standard InChI is InChI=1S/C18H17FO5/c1-18(9-22-10-18)11-23-13-4-2-12(3-5-13)17(21)24-14-6-7-16(20)15(19)8-14/h2-8,20H,9-11H2,1H3. The Morgan fingerprint density at radius 2 is 1.88 bits per heavy atom. The number of phenols is 1. The highest BCUT2D eigenvalue weighted by molar-refractivity contribution is 5.91. The lowest BCUT2D eigenvalue weighted by atomic mass is 9.90. The smallest absolute Gasteiger partial charge is 0.343 e. The number of hydrogen-bond acceptors (Lipinski definition) is 5. The van der Waals surface area contributed by atoms with Gasteiger partial charge in [-0.1, -0.05) is 6.92 Å². The van der Waals surface area contributed by atoms with E-state index in [2.05, 4.69) is 6.92 Å². The Kier molecular flexibility index (Phi) is 4.40. The van der Waals surface area contributed by atoms with Gasteiger partial charge in [0.15, 0.2) is 11.6 Å². The zero-order valence-electron chi connectivity index (χ0n) is 13.1.